The van der Waals surface area contributed by atoms with Crippen molar-refractivity contribution in [1.29, 1.82) is 0 Å². The average Bonchev–Trinajstić information content (AvgIpc) is 3.06. The number of nitrogens with zero attached hydrogens (tertiary/aromatic N) is 2. The molecule has 0 aromatic rings. The van der Waals surface area contributed by atoms with Gasteiger partial charge in [0, 0.05) is 26.2 Å². The van der Waals surface area contributed by atoms with Crippen molar-refractivity contribution in [3.05, 3.63) is 0 Å². The highest BCUT2D eigenvalue weighted by Crippen LogP contribution is 2.24. The Hall–Kier alpha value is -0.650. The lowest BCUT2D eigenvalue weighted by molar-refractivity contribution is -0.141. The van der Waals surface area contributed by atoms with E-state index in [4.69, 9.17) is 10.5 Å². The third-order valence-corrected chi connectivity index (χ3v) is 4.35. The molecule has 2 heterocycles. The first kappa shape index (κ1) is 14.8. The number of hydrogen-bond donors (Lipinski definition) is 1. The van der Waals surface area contributed by atoms with Gasteiger partial charge in [-0.25, -0.2) is 0 Å². The Morgan fingerprint density at radius 1 is 1.42 bits per heavy atom. The summed E-state index contributed by atoms with van der Waals surface area (Å²) in [6, 6.07) is 0. The van der Waals surface area contributed by atoms with Gasteiger partial charge >= 0.3 is 0 Å². The van der Waals surface area contributed by atoms with Crippen LogP contribution in [-0.4, -0.2) is 67.7 Å². The molecule has 110 valence electrons. The Morgan fingerprint density at radius 2 is 2.21 bits per heavy atom. The van der Waals surface area contributed by atoms with Crippen LogP contribution < -0.4 is 5.73 Å². The van der Waals surface area contributed by atoms with Crippen molar-refractivity contribution in [2.45, 2.75) is 38.4 Å². The van der Waals surface area contributed by atoms with Crippen LogP contribution in [0.25, 0.3) is 0 Å². The van der Waals surface area contributed by atoms with Gasteiger partial charge in [0.05, 0.1) is 6.10 Å². The van der Waals surface area contributed by atoms with Gasteiger partial charge in [0.1, 0.15) is 6.10 Å². The van der Waals surface area contributed by atoms with Gasteiger partial charge in [-0.2, -0.15) is 0 Å². The second-order valence-electron chi connectivity index (χ2n) is 5.85. The summed E-state index contributed by atoms with van der Waals surface area (Å²) in [5.74, 6) is 0.790. The molecule has 1 unspecified atom stereocenters. The van der Waals surface area contributed by atoms with Gasteiger partial charge in [-0.1, -0.05) is 6.92 Å². The van der Waals surface area contributed by atoms with Crippen molar-refractivity contribution in [1.82, 2.24) is 9.80 Å². The van der Waals surface area contributed by atoms with Crippen LogP contribution >= 0.6 is 0 Å². The molecule has 0 aliphatic carbocycles. The first-order valence-corrected chi connectivity index (χ1v) is 7.46. The predicted octanol–water partition coefficient (Wildman–Crippen LogP) is 0.293. The highest BCUT2D eigenvalue weighted by Gasteiger charge is 2.35. The minimum atomic E-state index is -0.240. The molecular weight excluding hydrogens is 242 g/mol. The molecule has 2 rings (SSSR count). The lowest BCUT2D eigenvalue weighted by Crippen LogP contribution is -2.39. The maximum atomic E-state index is 12.4. The molecule has 1 amide bonds. The number of carbonyl (C=O) groups is 1. The van der Waals surface area contributed by atoms with Gasteiger partial charge < -0.3 is 20.3 Å². The first-order chi connectivity index (χ1) is 9.13. The van der Waals surface area contributed by atoms with E-state index in [1.165, 1.54) is 0 Å². The second kappa shape index (κ2) is 6.68. The molecule has 0 bridgehead atoms. The van der Waals surface area contributed by atoms with E-state index < -0.39 is 0 Å². The van der Waals surface area contributed by atoms with E-state index >= 15 is 0 Å². The molecule has 19 heavy (non-hydrogen) atoms. The summed E-state index contributed by atoms with van der Waals surface area (Å²) < 4.78 is 5.70. The predicted molar refractivity (Wildman–Crippen MR) is 74.8 cm³/mol. The quantitative estimate of drug-likeness (QED) is 0.779. The summed E-state index contributed by atoms with van der Waals surface area (Å²) >= 11 is 0. The molecule has 0 aromatic heterocycles. The van der Waals surface area contributed by atoms with Crippen molar-refractivity contribution in [2.75, 3.05) is 39.8 Å². The van der Waals surface area contributed by atoms with Gasteiger partial charge in [0.15, 0.2) is 0 Å². The van der Waals surface area contributed by atoms with E-state index in [2.05, 4.69) is 18.9 Å². The molecule has 2 N–H and O–H groups in total. The number of hydrogen-bond acceptors (Lipinski definition) is 4. The van der Waals surface area contributed by atoms with E-state index in [0.717, 1.165) is 45.4 Å². The Labute approximate surface area is 116 Å². The Morgan fingerprint density at radius 3 is 2.84 bits per heavy atom. The number of ether oxygens (including phenoxy) is 1. The molecule has 0 spiro atoms. The van der Waals surface area contributed by atoms with E-state index in [-0.39, 0.29) is 18.1 Å². The fourth-order valence-corrected chi connectivity index (χ4v) is 3.02. The number of carbonyl (C=O) groups excluding carboxylic acids is 1. The molecule has 2 aliphatic heterocycles. The Balaban J connectivity index is 1.79. The molecule has 3 atom stereocenters. The van der Waals surface area contributed by atoms with Crippen molar-refractivity contribution >= 4 is 5.91 Å². The molecule has 5 nitrogen and oxygen atoms in total. The topological polar surface area (TPSA) is 58.8 Å². The summed E-state index contributed by atoms with van der Waals surface area (Å²) in [5, 5.41) is 0. The highest BCUT2D eigenvalue weighted by molar-refractivity contribution is 5.81. The van der Waals surface area contributed by atoms with Gasteiger partial charge in [0.2, 0.25) is 0 Å². The van der Waals surface area contributed by atoms with Gasteiger partial charge in [-0.15, -0.1) is 0 Å². The lowest BCUT2D eigenvalue weighted by atomic mass is 10.1. The largest absolute Gasteiger partial charge is 0.364 e. The zero-order valence-corrected chi connectivity index (χ0v) is 12.2. The molecule has 2 aliphatic rings. The van der Waals surface area contributed by atoms with Crippen molar-refractivity contribution in [2.24, 2.45) is 11.7 Å². The molecule has 0 aromatic carbocycles. The van der Waals surface area contributed by atoms with Crippen LogP contribution in [0.1, 0.15) is 26.2 Å². The normalized spacial score (nSPS) is 31.4. The van der Waals surface area contributed by atoms with E-state index in [0.29, 0.717) is 12.5 Å². The zero-order valence-electron chi connectivity index (χ0n) is 12.2. The van der Waals surface area contributed by atoms with Crippen LogP contribution in [0.2, 0.25) is 0 Å². The molecule has 0 saturated carbocycles. The fourth-order valence-electron chi connectivity index (χ4n) is 3.02. The van der Waals surface area contributed by atoms with Crippen molar-refractivity contribution < 1.29 is 9.53 Å². The van der Waals surface area contributed by atoms with E-state index in [9.17, 15) is 4.79 Å². The fraction of sp³-hybridized carbons (Fsp3) is 0.929. The van der Waals surface area contributed by atoms with Crippen LogP contribution in [0, 0.1) is 5.92 Å². The van der Waals surface area contributed by atoms with E-state index in [1.807, 2.05) is 4.90 Å². The summed E-state index contributed by atoms with van der Waals surface area (Å²) in [4.78, 5) is 16.7. The average molecular weight is 269 g/mol. The van der Waals surface area contributed by atoms with Gasteiger partial charge in [-0.05, 0) is 38.8 Å². The minimum absolute atomic E-state index is 0.0820. The number of rotatable bonds is 5. The van der Waals surface area contributed by atoms with Crippen LogP contribution in [0.15, 0.2) is 0 Å². The summed E-state index contributed by atoms with van der Waals surface area (Å²) in [6.45, 7) is 6.60. The van der Waals surface area contributed by atoms with Crippen LogP contribution in [0.5, 0.6) is 0 Å². The Kier molecular flexibility index (Phi) is 5.19. The standard InChI is InChI=1S/C14H27N3O2/c1-3-16(2)9-11-6-7-17(10-11)14(18)13-5-4-12(8-15)19-13/h11-13H,3-10,15H2,1-2H3/t11?,12-,13+/m1/s1. The third-order valence-electron chi connectivity index (χ3n) is 4.35. The van der Waals surface area contributed by atoms with Crippen molar-refractivity contribution in [3.63, 3.8) is 0 Å². The summed E-state index contributed by atoms with van der Waals surface area (Å²) in [6.07, 6.45) is 2.71. The number of nitrogens with two attached hydrogens (primary N) is 1. The van der Waals surface area contributed by atoms with Crippen LogP contribution in [-0.2, 0) is 9.53 Å². The van der Waals surface area contributed by atoms with Crippen LogP contribution in [0.3, 0.4) is 0 Å². The maximum Gasteiger partial charge on any atom is 0.251 e. The second-order valence-corrected chi connectivity index (χ2v) is 5.85. The number of amides is 1. The molecule has 2 fully saturated rings. The van der Waals surface area contributed by atoms with Gasteiger partial charge in [-0.3, -0.25) is 4.79 Å². The summed E-state index contributed by atoms with van der Waals surface area (Å²) in [7, 11) is 2.14. The smallest absolute Gasteiger partial charge is 0.251 e. The molecule has 2 saturated heterocycles. The zero-order chi connectivity index (χ0) is 13.8. The SMILES string of the molecule is CCN(C)CC1CCN(C(=O)[C@@H]2CC[C@H](CN)O2)C1. The number of likely N-dealkylation sites (tertiary alicyclic amines) is 1. The lowest BCUT2D eigenvalue weighted by Gasteiger charge is -2.22. The first-order valence-electron chi connectivity index (χ1n) is 7.46. The molecular formula is C14H27N3O2. The molecule has 0 radical (unpaired) electrons. The minimum Gasteiger partial charge on any atom is -0.364 e. The third kappa shape index (κ3) is 3.68. The monoisotopic (exact) mass is 269 g/mol. The van der Waals surface area contributed by atoms with Crippen molar-refractivity contribution in [3.8, 4) is 0 Å². The highest BCUT2D eigenvalue weighted by atomic mass is 16.5. The Bertz CT molecular complexity index is 311. The van der Waals surface area contributed by atoms with Crippen LogP contribution in [0.4, 0.5) is 0 Å². The summed E-state index contributed by atoms with van der Waals surface area (Å²) in [5.41, 5.74) is 5.59. The maximum absolute atomic E-state index is 12.4. The van der Waals surface area contributed by atoms with Gasteiger partial charge in [0.25, 0.3) is 5.91 Å². The van der Waals surface area contributed by atoms with E-state index in [1.54, 1.807) is 0 Å². The molecule has 5 heteroatoms.